The quantitative estimate of drug-likeness (QED) is 0.664. The number of likely N-dealkylation sites (tertiary alicyclic amines) is 1. The van der Waals surface area contributed by atoms with Crippen molar-refractivity contribution in [3.8, 4) is 0 Å². The van der Waals surface area contributed by atoms with Crippen LogP contribution in [-0.4, -0.2) is 46.1 Å². The van der Waals surface area contributed by atoms with Crippen molar-refractivity contribution in [2.45, 2.75) is 51.2 Å². The lowest BCUT2D eigenvalue weighted by atomic mass is 9.60. The Morgan fingerprint density at radius 2 is 2.10 bits per heavy atom. The summed E-state index contributed by atoms with van der Waals surface area (Å²) in [4.78, 5) is 18.0. The lowest BCUT2D eigenvalue weighted by Gasteiger charge is -2.59. The van der Waals surface area contributed by atoms with Gasteiger partial charge in [0.1, 0.15) is 9.88 Å². The Morgan fingerprint density at radius 1 is 1.33 bits per heavy atom. The summed E-state index contributed by atoms with van der Waals surface area (Å²) in [5, 5.41) is 13.8. The fourth-order valence-electron chi connectivity index (χ4n) is 5.38. The van der Waals surface area contributed by atoms with Crippen LogP contribution in [0.5, 0.6) is 0 Å². The summed E-state index contributed by atoms with van der Waals surface area (Å²) in [6.45, 7) is 5.30. The first-order chi connectivity index (χ1) is 14.5. The molecule has 6 heteroatoms. The van der Waals surface area contributed by atoms with Gasteiger partial charge in [0, 0.05) is 25.2 Å². The van der Waals surface area contributed by atoms with Crippen LogP contribution in [0.2, 0.25) is 0 Å². The number of carboxylic acid groups (broad SMARTS) is 1. The normalized spacial score (nSPS) is 25.7. The van der Waals surface area contributed by atoms with Crippen LogP contribution >= 0.6 is 11.3 Å². The highest BCUT2D eigenvalue weighted by Gasteiger charge is 2.53. The molecule has 158 valence electrons. The molecule has 1 unspecified atom stereocenters. The van der Waals surface area contributed by atoms with Gasteiger partial charge in [0.15, 0.2) is 0 Å². The number of aromatic carboxylic acids is 1. The molecule has 0 bridgehead atoms. The third-order valence-electron chi connectivity index (χ3n) is 6.88. The molecule has 2 saturated carbocycles. The van der Waals surface area contributed by atoms with Crippen molar-refractivity contribution < 1.29 is 9.90 Å². The summed E-state index contributed by atoms with van der Waals surface area (Å²) < 4.78 is 0. The van der Waals surface area contributed by atoms with Crippen molar-refractivity contribution in [2.24, 2.45) is 11.3 Å². The predicted octanol–water partition coefficient (Wildman–Crippen LogP) is 4.28. The second-order valence-corrected chi connectivity index (χ2v) is 10.4. The second-order valence-electron chi connectivity index (χ2n) is 9.27. The summed E-state index contributed by atoms with van der Waals surface area (Å²) >= 11 is 1.30. The zero-order chi connectivity index (χ0) is 20.7. The van der Waals surface area contributed by atoms with E-state index in [9.17, 15) is 4.79 Å². The van der Waals surface area contributed by atoms with E-state index in [1.165, 1.54) is 42.4 Å². The highest BCUT2D eigenvalue weighted by Crippen LogP contribution is 2.50. The van der Waals surface area contributed by atoms with Gasteiger partial charge in [-0.05, 0) is 42.6 Å². The van der Waals surface area contributed by atoms with Crippen molar-refractivity contribution in [3.63, 3.8) is 0 Å². The van der Waals surface area contributed by atoms with Crippen LogP contribution < -0.4 is 5.32 Å². The number of carboxylic acids is 1. The Balaban J connectivity index is 1.06. The number of aromatic nitrogens is 1. The van der Waals surface area contributed by atoms with E-state index >= 15 is 0 Å². The maximum Gasteiger partial charge on any atom is 0.347 e. The summed E-state index contributed by atoms with van der Waals surface area (Å²) in [6.07, 6.45) is 8.81. The van der Waals surface area contributed by atoms with Crippen molar-refractivity contribution >= 4 is 23.4 Å². The van der Waals surface area contributed by atoms with Gasteiger partial charge in [-0.2, -0.15) is 0 Å². The lowest BCUT2D eigenvalue weighted by Crippen LogP contribution is -2.65. The van der Waals surface area contributed by atoms with Gasteiger partial charge in [0.25, 0.3) is 0 Å². The number of thiazole rings is 1. The molecule has 1 aromatic carbocycles. The van der Waals surface area contributed by atoms with E-state index in [2.05, 4.69) is 58.5 Å². The molecule has 1 saturated heterocycles. The summed E-state index contributed by atoms with van der Waals surface area (Å²) in [7, 11) is 0. The molecule has 1 aromatic heterocycles. The maximum atomic E-state index is 11.0. The lowest BCUT2D eigenvalue weighted by molar-refractivity contribution is -0.0834. The number of carbonyl (C=O) groups is 1. The minimum absolute atomic E-state index is 0.333. The molecule has 2 N–H and O–H groups in total. The average Bonchev–Trinajstić information content (AvgIpc) is 3.28. The Bertz CT molecular complexity index is 940. The van der Waals surface area contributed by atoms with Crippen molar-refractivity contribution in [3.05, 3.63) is 57.6 Å². The van der Waals surface area contributed by atoms with Gasteiger partial charge in [-0.3, -0.25) is 4.90 Å². The highest BCUT2D eigenvalue weighted by atomic mass is 32.1. The summed E-state index contributed by atoms with van der Waals surface area (Å²) in [5.41, 5.74) is 3.38. The number of nitrogens with zero attached hydrogens (tertiary/aromatic N) is 2. The number of benzene rings is 1. The fraction of sp³-hybridized carbons (Fsp3) is 0.500. The molecule has 5 rings (SSSR count). The van der Waals surface area contributed by atoms with Gasteiger partial charge < -0.3 is 10.4 Å². The van der Waals surface area contributed by atoms with Gasteiger partial charge in [-0.15, -0.1) is 11.3 Å². The highest BCUT2D eigenvalue weighted by molar-refractivity contribution is 7.13. The van der Waals surface area contributed by atoms with E-state index in [1.54, 1.807) is 5.57 Å². The fourth-order valence-corrected chi connectivity index (χ4v) is 6.17. The molecule has 1 spiro atoms. The first-order valence-corrected chi connectivity index (χ1v) is 11.8. The average molecular weight is 424 g/mol. The van der Waals surface area contributed by atoms with E-state index in [-0.39, 0.29) is 0 Å². The van der Waals surface area contributed by atoms with E-state index < -0.39 is 5.97 Å². The molecule has 0 amide bonds. The van der Waals surface area contributed by atoms with Crippen molar-refractivity contribution in [1.29, 1.82) is 0 Å². The molecule has 2 aliphatic carbocycles. The third-order valence-corrected chi connectivity index (χ3v) is 7.85. The molecule has 3 fully saturated rings. The van der Waals surface area contributed by atoms with Crippen LogP contribution in [0, 0.1) is 11.3 Å². The molecule has 0 radical (unpaired) electrons. The largest absolute Gasteiger partial charge is 0.477 e. The van der Waals surface area contributed by atoms with Crippen LogP contribution in [0.1, 0.15) is 52.8 Å². The summed E-state index contributed by atoms with van der Waals surface area (Å²) in [6, 6.07) is 12.0. The molecule has 2 heterocycles. The minimum Gasteiger partial charge on any atom is -0.477 e. The molecule has 5 nitrogen and oxygen atoms in total. The van der Waals surface area contributed by atoms with Crippen LogP contribution in [0.3, 0.4) is 0 Å². The number of hydrogen-bond acceptors (Lipinski definition) is 5. The maximum absolute atomic E-state index is 11.0. The number of hydrogen-bond donors (Lipinski definition) is 2. The molecule has 1 aliphatic heterocycles. The summed E-state index contributed by atoms with van der Waals surface area (Å²) in [5.74, 6) is -0.173. The van der Waals surface area contributed by atoms with Crippen LogP contribution in [-0.2, 0) is 6.54 Å². The smallest absolute Gasteiger partial charge is 0.347 e. The van der Waals surface area contributed by atoms with Crippen molar-refractivity contribution in [1.82, 2.24) is 15.2 Å². The van der Waals surface area contributed by atoms with Gasteiger partial charge in [-0.25, -0.2) is 9.78 Å². The van der Waals surface area contributed by atoms with Gasteiger partial charge in [0.2, 0.25) is 0 Å². The first kappa shape index (κ1) is 19.9. The predicted molar refractivity (Wildman–Crippen MR) is 120 cm³/mol. The van der Waals surface area contributed by atoms with Crippen LogP contribution in [0.4, 0.5) is 0 Å². The Labute approximate surface area is 181 Å². The van der Waals surface area contributed by atoms with E-state index in [0.717, 1.165) is 31.1 Å². The molecule has 3 aliphatic rings. The Kier molecular flexibility index (Phi) is 5.25. The third kappa shape index (κ3) is 4.09. The van der Waals surface area contributed by atoms with Gasteiger partial charge in [-0.1, -0.05) is 48.9 Å². The SMILES string of the molecule is CCC(=Cc1ccccc1)C1C[C@@H]1NC1CC2(C1)CN(Cc1ncc(C(=O)O)s1)C2. The minimum atomic E-state index is -0.880. The van der Waals surface area contributed by atoms with Crippen LogP contribution in [0.25, 0.3) is 6.08 Å². The molecule has 2 aromatic rings. The topological polar surface area (TPSA) is 65.5 Å². The van der Waals surface area contributed by atoms with E-state index in [4.69, 9.17) is 5.11 Å². The number of rotatable bonds is 8. The first-order valence-electron chi connectivity index (χ1n) is 11.0. The monoisotopic (exact) mass is 423 g/mol. The molecule has 30 heavy (non-hydrogen) atoms. The van der Waals surface area contributed by atoms with Gasteiger partial charge in [0.05, 0.1) is 12.7 Å². The second kappa shape index (κ2) is 7.91. The van der Waals surface area contributed by atoms with Gasteiger partial charge >= 0.3 is 5.97 Å². The molecular formula is C24H29N3O2S. The van der Waals surface area contributed by atoms with E-state index in [1.807, 2.05) is 0 Å². The Morgan fingerprint density at radius 3 is 2.77 bits per heavy atom. The van der Waals surface area contributed by atoms with Crippen molar-refractivity contribution in [2.75, 3.05) is 13.1 Å². The number of nitrogens with one attached hydrogen (secondary N) is 1. The molecular weight excluding hydrogens is 394 g/mol. The zero-order valence-electron chi connectivity index (χ0n) is 17.4. The Hall–Kier alpha value is -2.02. The zero-order valence-corrected chi connectivity index (χ0v) is 18.2. The van der Waals surface area contributed by atoms with E-state index in [0.29, 0.717) is 28.3 Å². The van der Waals surface area contributed by atoms with Crippen LogP contribution in [0.15, 0.2) is 42.1 Å². The molecule has 2 atom stereocenters. The standard InChI is InChI=1S/C24H29N3O2S/c1-2-17(8-16-6-4-3-5-7-16)19-9-20(19)26-18-10-24(11-18)14-27(15-24)13-22-25-12-21(30-22)23(28)29/h3-8,12,18-20,26H,2,9-11,13-15H2,1H3,(H,28,29)/t19?,20-/m0/s1.